The van der Waals surface area contributed by atoms with Gasteiger partial charge >= 0.3 is 0 Å². The maximum atomic E-state index is 5.75. The molecule has 0 aliphatic carbocycles. The quantitative estimate of drug-likeness (QED) is 0.854. The minimum absolute atomic E-state index is 0.233. The first-order valence-electron chi connectivity index (χ1n) is 6.80. The molecule has 0 radical (unpaired) electrons. The molecule has 0 atom stereocenters. The van der Waals surface area contributed by atoms with E-state index in [1.807, 2.05) is 11.8 Å². The number of aryl methyl sites for hydroxylation is 1. The van der Waals surface area contributed by atoms with Crippen molar-refractivity contribution in [2.45, 2.75) is 38.0 Å². The Kier molecular flexibility index (Phi) is 4.57. The fourth-order valence-electron chi connectivity index (χ4n) is 2.12. The largest absolute Gasteiger partial charge is 0.385 e. The van der Waals surface area contributed by atoms with Crippen molar-refractivity contribution in [1.82, 2.24) is 0 Å². The van der Waals surface area contributed by atoms with Crippen molar-refractivity contribution >= 4 is 17.4 Å². The van der Waals surface area contributed by atoms with Gasteiger partial charge in [0, 0.05) is 17.1 Å². The molecular weight excluding hydrogens is 240 g/mol. The summed E-state index contributed by atoms with van der Waals surface area (Å²) in [7, 11) is 0. The van der Waals surface area contributed by atoms with Gasteiger partial charge in [-0.3, -0.25) is 0 Å². The van der Waals surface area contributed by atoms with E-state index < -0.39 is 0 Å². The average molecular weight is 264 g/mol. The summed E-state index contributed by atoms with van der Waals surface area (Å²) >= 11 is 1.98. The van der Waals surface area contributed by atoms with Crippen LogP contribution in [-0.2, 0) is 6.42 Å². The van der Waals surface area contributed by atoms with Crippen molar-refractivity contribution < 1.29 is 0 Å². The third kappa shape index (κ3) is 3.66. The molecular formula is C15H24N2S. The Morgan fingerprint density at radius 1 is 1.39 bits per heavy atom. The molecule has 1 aromatic carbocycles. The first-order chi connectivity index (χ1) is 8.61. The summed E-state index contributed by atoms with van der Waals surface area (Å²) in [4.78, 5) is 1.47. The lowest BCUT2D eigenvalue weighted by Gasteiger charge is -2.23. The Labute approximate surface area is 115 Å². The number of fused-ring (bicyclic) bond motifs is 1. The molecule has 1 aliphatic heterocycles. The summed E-state index contributed by atoms with van der Waals surface area (Å²) in [6.07, 6.45) is 3.64. The monoisotopic (exact) mass is 264 g/mol. The summed E-state index contributed by atoms with van der Waals surface area (Å²) in [5.74, 6) is 1.27. The van der Waals surface area contributed by atoms with Crippen molar-refractivity contribution in [3.05, 3.63) is 23.8 Å². The van der Waals surface area contributed by atoms with Gasteiger partial charge in [0.15, 0.2) is 0 Å². The van der Waals surface area contributed by atoms with Crippen LogP contribution in [0.1, 0.15) is 32.3 Å². The molecule has 0 fully saturated rings. The lowest BCUT2D eigenvalue weighted by Crippen LogP contribution is -2.26. The van der Waals surface area contributed by atoms with E-state index in [2.05, 4.69) is 37.4 Å². The SMILES string of the molecule is CC(C)(CN)CCNc1ccc2c(c1)CCCS2. The Morgan fingerprint density at radius 2 is 2.22 bits per heavy atom. The van der Waals surface area contributed by atoms with Gasteiger partial charge in [0.05, 0.1) is 0 Å². The maximum absolute atomic E-state index is 5.75. The topological polar surface area (TPSA) is 38.0 Å². The molecule has 2 nitrogen and oxygen atoms in total. The first kappa shape index (κ1) is 13.8. The number of thioether (sulfide) groups is 1. The molecule has 18 heavy (non-hydrogen) atoms. The number of rotatable bonds is 5. The zero-order valence-electron chi connectivity index (χ0n) is 11.5. The number of hydrogen-bond donors (Lipinski definition) is 2. The predicted octanol–water partition coefficient (Wildman–Crippen LogP) is 3.51. The number of nitrogens with two attached hydrogens (primary N) is 1. The summed E-state index contributed by atoms with van der Waals surface area (Å²) < 4.78 is 0. The lowest BCUT2D eigenvalue weighted by molar-refractivity contribution is 0.358. The van der Waals surface area contributed by atoms with E-state index >= 15 is 0 Å². The zero-order valence-corrected chi connectivity index (χ0v) is 12.3. The van der Waals surface area contributed by atoms with E-state index in [9.17, 15) is 0 Å². The molecule has 3 heteroatoms. The number of hydrogen-bond acceptors (Lipinski definition) is 3. The summed E-state index contributed by atoms with van der Waals surface area (Å²) in [5.41, 5.74) is 8.74. The smallest absolute Gasteiger partial charge is 0.0343 e. The second-order valence-electron chi connectivity index (χ2n) is 5.82. The molecule has 1 aromatic rings. The second-order valence-corrected chi connectivity index (χ2v) is 6.96. The molecule has 0 aromatic heterocycles. The first-order valence-corrected chi connectivity index (χ1v) is 7.79. The molecule has 0 unspecified atom stereocenters. The van der Waals surface area contributed by atoms with Crippen molar-refractivity contribution in [3.8, 4) is 0 Å². The van der Waals surface area contributed by atoms with Crippen molar-refractivity contribution in [2.75, 3.05) is 24.2 Å². The second kappa shape index (κ2) is 5.98. The molecule has 100 valence electrons. The third-order valence-electron chi connectivity index (χ3n) is 3.59. The average Bonchev–Trinajstić information content (AvgIpc) is 2.38. The lowest BCUT2D eigenvalue weighted by atomic mass is 9.90. The maximum Gasteiger partial charge on any atom is 0.0343 e. The molecule has 0 spiro atoms. The standard InChI is InChI=1S/C15H24N2S/c1-15(2,11-16)7-8-17-13-5-6-14-12(10-13)4-3-9-18-14/h5-6,10,17H,3-4,7-9,11,16H2,1-2H3. The van der Waals surface area contributed by atoms with Gasteiger partial charge in [-0.2, -0.15) is 0 Å². The van der Waals surface area contributed by atoms with Gasteiger partial charge in [-0.1, -0.05) is 13.8 Å². The van der Waals surface area contributed by atoms with Crippen LogP contribution < -0.4 is 11.1 Å². The van der Waals surface area contributed by atoms with E-state index in [4.69, 9.17) is 5.73 Å². The van der Waals surface area contributed by atoms with E-state index in [-0.39, 0.29) is 5.41 Å². The highest BCUT2D eigenvalue weighted by atomic mass is 32.2. The van der Waals surface area contributed by atoms with E-state index in [0.29, 0.717) is 0 Å². The van der Waals surface area contributed by atoms with Crippen molar-refractivity contribution in [3.63, 3.8) is 0 Å². The van der Waals surface area contributed by atoms with Crippen LogP contribution in [0.2, 0.25) is 0 Å². The highest BCUT2D eigenvalue weighted by Gasteiger charge is 2.15. The highest BCUT2D eigenvalue weighted by Crippen LogP contribution is 2.31. The van der Waals surface area contributed by atoms with Crippen LogP contribution in [-0.4, -0.2) is 18.8 Å². The van der Waals surface area contributed by atoms with Crippen LogP contribution in [0.15, 0.2) is 23.1 Å². The third-order valence-corrected chi connectivity index (χ3v) is 4.79. The molecule has 0 bridgehead atoms. The summed E-state index contributed by atoms with van der Waals surface area (Å²) in [6.45, 7) is 6.18. The number of benzene rings is 1. The Bertz CT molecular complexity index is 401. The van der Waals surface area contributed by atoms with E-state index in [0.717, 1.165) is 19.5 Å². The molecule has 0 saturated heterocycles. The van der Waals surface area contributed by atoms with Crippen LogP contribution in [0.5, 0.6) is 0 Å². The van der Waals surface area contributed by atoms with Gasteiger partial charge in [-0.25, -0.2) is 0 Å². The highest BCUT2D eigenvalue weighted by molar-refractivity contribution is 7.99. The van der Waals surface area contributed by atoms with Crippen LogP contribution >= 0.6 is 11.8 Å². The van der Waals surface area contributed by atoms with Gasteiger partial charge in [0.25, 0.3) is 0 Å². The van der Waals surface area contributed by atoms with Crippen LogP contribution in [0, 0.1) is 5.41 Å². The molecule has 1 aliphatic rings. The fraction of sp³-hybridized carbons (Fsp3) is 0.600. The molecule has 1 heterocycles. The Morgan fingerprint density at radius 3 is 3.00 bits per heavy atom. The minimum Gasteiger partial charge on any atom is -0.385 e. The van der Waals surface area contributed by atoms with Crippen LogP contribution in [0.25, 0.3) is 0 Å². The minimum atomic E-state index is 0.233. The van der Waals surface area contributed by atoms with Gasteiger partial charge in [-0.15, -0.1) is 11.8 Å². The molecule has 0 amide bonds. The van der Waals surface area contributed by atoms with Gasteiger partial charge in [0.1, 0.15) is 0 Å². The number of nitrogens with one attached hydrogen (secondary N) is 1. The number of anilines is 1. The van der Waals surface area contributed by atoms with E-state index in [1.54, 1.807) is 0 Å². The zero-order chi connectivity index (χ0) is 13.0. The fourth-order valence-corrected chi connectivity index (χ4v) is 3.14. The predicted molar refractivity (Wildman–Crippen MR) is 81.4 cm³/mol. The van der Waals surface area contributed by atoms with Crippen molar-refractivity contribution in [1.29, 1.82) is 0 Å². The Hall–Kier alpha value is -0.670. The van der Waals surface area contributed by atoms with E-state index in [1.165, 1.54) is 34.7 Å². The molecule has 0 saturated carbocycles. The Balaban J connectivity index is 1.90. The van der Waals surface area contributed by atoms with Gasteiger partial charge in [-0.05, 0) is 60.7 Å². The van der Waals surface area contributed by atoms with Crippen LogP contribution in [0.3, 0.4) is 0 Å². The normalized spacial score (nSPS) is 15.3. The van der Waals surface area contributed by atoms with Gasteiger partial charge < -0.3 is 11.1 Å². The van der Waals surface area contributed by atoms with Crippen LogP contribution in [0.4, 0.5) is 5.69 Å². The molecule has 2 rings (SSSR count). The van der Waals surface area contributed by atoms with Crippen molar-refractivity contribution in [2.24, 2.45) is 11.1 Å². The summed E-state index contributed by atoms with van der Waals surface area (Å²) in [5, 5.41) is 3.52. The summed E-state index contributed by atoms with van der Waals surface area (Å²) in [6, 6.07) is 6.78. The van der Waals surface area contributed by atoms with Gasteiger partial charge in [0.2, 0.25) is 0 Å². The molecule has 3 N–H and O–H groups in total.